The lowest BCUT2D eigenvalue weighted by molar-refractivity contribution is 0.0702. The Labute approximate surface area is 127 Å². The molecule has 0 spiro atoms. The number of rotatable bonds is 4. The third kappa shape index (κ3) is 2.75. The van der Waals surface area contributed by atoms with Gasteiger partial charge in [0.15, 0.2) is 0 Å². The quantitative estimate of drug-likeness (QED) is 0.931. The zero-order chi connectivity index (χ0) is 15.1. The van der Waals surface area contributed by atoms with Gasteiger partial charge < -0.3 is 10.6 Å². The first-order chi connectivity index (χ1) is 9.97. The monoisotopic (exact) mass is 306 g/mol. The number of benzene rings is 1. The number of nitrogen functional groups attached to an aromatic ring is 1. The van der Waals surface area contributed by atoms with Crippen molar-refractivity contribution in [3.63, 3.8) is 0 Å². The van der Waals surface area contributed by atoms with Gasteiger partial charge in [-0.2, -0.15) is 0 Å². The summed E-state index contributed by atoms with van der Waals surface area (Å²) in [5.74, 6) is 0.269. The number of carbonyl (C=O) groups excluding carboxylic acids is 1. The summed E-state index contributed by atoms with van der Waals surface area (Å²) in [6, 6.07) is 4.62. The summed E-state index contributed by atoms with van der Waals surface area (Å²) >= 11 is 1.35. The highest BCUT2D eigenvalue weighted by Crippen LogP contribution is 2.36. The van der Waals surface area contributed by atoms with Gasteiger partial charge in [-0.25, -0.2) is 4.39 Å². The van der Waals surface area contributed by atoms with E-state index in [1.54, 1.807) is 6.07 Å². The van der Waals surface area contributed by atoms with Crippen LogP contribution in [-0.4, -0.2) is 23.4 Å². The first-order valence-electron chi connectivity index (χ1n) is 7.26. The van der Waals surface area contributed by atoms with Gasteiger partial charge in [0.2, 0.25) is 0 Å². The molecule has 0 atom stereocenters. The summed E-state index contributed by atoms with van der Waals surface area (Å²) in [5, 5.41) is 0.637. The molecule has 1 saturated carbocycles. The van der Waals surface area contributed by atoms with Crippen LogP contribution in [0.15, 0.2) is 18.2 Å². The summed E-state index contributed by atoms with van der Waals surface area (Å²) in [6.45, 7) is 4.82. The van der Waals surface area contributed by atoms with Gasteiger partial charge in [-0.15, -0.1) is 11.3 Å². The van der Waals surface area contributed by atoms with Crippen LogP contribution in [0.1, 0.15) is 36.4 Å². The van der Waals surface area contributed by atoms with Crippen LogP contribution >= 0.6 is 11.3 Å². The van der Waals surface area contributed by atoms with Gasteiger partial charge in [0.05, 0.1) is 5.69 Å². The first-order valence-corrected chi connectivity index (χ1v) is 8.07. The molecule has 1 aromatic heterocycles. The summed E-state index contributed by atoms with van der Waals surface area (Å²) in [7, 11) is 0. The van der Waals surface area contributed by atoms with Crippen LogP contribution in [-0.2, 0) is 0 Å². The minimum atomic E-state index is -0.329. The van der Waals surface area contributed by atoms with E-state index in [0.717, 1.165) is 11.2 Å². The summed E-state index contributed by atoms with van der Waals surface area (Å²) in [4.78, 5) is 15.2. The average Bonchev–Trinajstić information content (AvgIpc) is 3.20. The second kappa shape index (κ2) is 5.30. The normalized spacial score (nSPS) is 14.9. The molecule has 21 heavy (non-hydrogen) atoms. The smallest absolute Gasteiger partial charge is 0.266 e. The minimum Gasteiger partial charge on any atom is -0.397 e. The highest BCUT2D eigenvalue weighted by molar-refractivity contribution is 7.21. The van der Waals surface area contributed by atoms with Crippen molar-refractivity contribution in [2.75, 3.05) is 12.3 Å². The molecule has 1 heterocycles. The molecule has 0 radical (unpaired) electrons. The Kier molecular flexibility index (Phi) is 3.61. The van der Waals surface area contributed by atoms with E-state index in [0.29, 0.717) is 21.9 Å². The van der Waals surface area contributed by atoms with E-state index in [1.807, 2.05) is 18.7 Å². The number of carbonyl (C=O) groups is 1. The molecule has 1 aromatic carbocycles. The molecule has 0 aliphatic heterocycles. The van der Waals surface area contributed by atoms with Gasteiger partial charge in [-0.1, -0.05) is 0 Å². The van der Waals surface area contributed by atoms with Crippen molar-refractivity contribution >= 4 is 33.0 Å². The molecule has 5 heteroatoms. The van der Waals surface area contributed by atoms with E-state index < -0.39 is 0 Å². The molecular weight excluding hydrogens is 287 g/mol. The average molecular weight is 306 g/mol. The SMILES string of the molecule is CC(C)N(CC1CC1)C(=O)c1sc2ccc(F)cc2c1N. The molecule has 1 aliphatic rings. The van der Waals surface area contributed by atoms with Gasteiger partial charge >= 0.3 is 0 Å². The minimum absolute atomic E-state index is 0.0315. The van der Waals surface area contributed by atoms with Crippen molar-refractivity contribution in [1.29, 1.82) is 0 Å². The van der Waals surface area contributed by atoms with Crippen LogP contribution in [0.3, 0.4) is 0 Å². The maximum Gasteiger partial charge on any atom is 0.266 e. The number of hydrogen-bond donors (Lipinski definition) is 1. The first kappa shape index (κ1) is 14.3. The molecule has 2 aromatic rings. The lowest BCUT2D eigenvalue weighted by Gasteiger charge is -2.26. The van der Waals surface area contributed by atoms with Crippen LogP contribution in [0.5, 0.6) is 0 Å². The number of nitrogens with zero attached hydrogens (tertiary/aromatic N) is 1. The van der Waals surface area contributed by atoms with Crippen molar-refractivity contribution in [1.82, 2.24) is 4.90 Å². The van der Waals surface area contributed by atoms with Crippen molar-refractivity contribution in [2.24, 2.45) is 5.92 Å². The lowest BCUT2D eigenvalue weighted by atomic mass is 10.2. The van der Waals surface area contributed by atoms with Crippen LogP contribution in [0.25, 0.3) is 10.1 Å². The van der Waals surface area contributed by atoms with Gasteiger partial charge in [0, 0.05) is 22.7 Å². The number of halogens is 1. The van der Waals surface area contributed by atoms with Gasteiger partial charge in [0.25, 0.3) is 5.91 Å². The highest BCUT2D eigenvalue weighted by Gasteiger charge is 2.30. The Balaban J connectivity index is 1.97. The molecule has 3 nitrogen and oxygen atoms in total. The summed E-state index contributed by atoms with van der Waals surface area (Å²) < 4.78 is 14.2. The molecule has 0 bridgehead atoms. The molecule has 1 aliphatic carbocycles. The van der Waals surface area contributed by atoms with Crippen LogP contribution in [0.2, 0.25) is 0 Å². The van der Waals surface area contributed by atoms with E-state index >= 15 is 0 Å². The number of nitrogens with two attached hydrogens (primary N) is 1. The topological polar surface area (TPSA) is 46.3 Å². The van der Waals surface area contributed by atoms with E-state index in [9.17, 15) is 9.18 Å². The molecule has 2 N–H and O–H groups in total. The summed E-state index contributed by atoms with van der Waals surface area (Å²) in [5.41, 5.74) is 6.49. The number of amides is 1. The summed E-state index contributed by atoms with van der Waals surface area (Å²) in [6.07, 6.45) is 2.40. The predicted molar refractivity (Wildman–Crippen MR) is 85.1 cm³/mol. The van der Waals surface area contributed by atoms with Crippen molar-refractivity contribution in [2.45, 2.75) is 32.7 Å². The van der Waals surface area contributed by atoms with E-state index in [4.69, 9.17) is 5.73 Å². The van der Waals surface area contributed by atoms with Crippen LogP contribution in [0.4, 0.5) is 10.1 Å². The van der Waals surface area contributed by atoms with Crippen LogP contribution < -0.4 is 5.73 Å². The lowest BCUT2D eigenvalue weighted by Crippen LogP contribution is -2.38. The number of fused-ring (bicyclic) bond motifs is 1. The Morgan fingerprint density at radius 3 is 2.81 bits per heavy atom. The number of thiophene rings is 1. The fourth-order valence-electron chi connectivity index (χ4n) is 2.49. The molecular formula is C16H19FN2OS. The highest BCUT2D eigenvalue weighted by atomic mass is 32.1. The number of hydrogen-bond acceptors (Lipinski definition) is 3. The second-order valence-electron chi connectivity index (χ2n) is 5.98. The van der Waals surface area contributed by atoms with Crippen molar-refractivity contribution in [3.05, 3.63) is 28.9 Å². The second-order valence-corrected chi connectivity index (χ2v) is 7.03. The Hall–Kier alpha value is -1.62. The third-order valence-corrected chi connectivity index (χ3v) is 5.09. The number of anilines is 1. The molecule has 1 amide bonds. The maximum absolute atomic E-state index is 13.3. The fraction of sp³-hybridized carbons (Fsp3) is 0.438. The standard InChI is InChI=1S/C16H19FN2OS/c1-9(2)19(8-10-3-4-10)16(20)15-14(18)12-7-11(17)5-6-13(12)21-15/h5-7,9-10H,3-4,8,18H2,1-2H3. The van der Waals surface area contributed by atoms with Crippen LogP contribution in [0, 0.1) is 11.7 Å². The van der Waals surface area contributed by atoms with E-state index in [1.165, 1.54) is 36.3 Å². The third-order valence-electron chi connectivity index (χ3n) is 3.92. The molecule has 0 unspecified atom stereocenters. The zero-order valence-corrected chi connectivity index (χ0v) is 13.0. The van der Waals surface area contributed by atoms with Gasteiger partial charge in [0.1, 0.15) is 10.7 Å². The zero-order valence-electron chi connectivity index (χ0n) is 12.2. The van der Waals surface area contributed by atoms with Crippen molar-refractivity contribution in [3.8, 4) is 0 Å². The fourth-order valence-corrected chi connectivity index (χ4v) is 3.54. The largest absolute Gasteiger partial charge is 0.397 e. The Morgan fingerprint density at radius 1 is 1.48 bits per heavy atom. The molecule has 0 saturated heterocycles. The molecule has 3 rings (SSSR count). The van der Waals surface area contributed by atoms with Gasteiger partial charge in [-0.3, -0.25) is 4.79 Å². The maximum atomic E-state index is 13.3. The Bertz CT molecular complexity index is 691. The molecule has 1 fully saturated rings. The van der Waals surface area contributed by atoms with Gasteiger partial charge in [-0.05, 0) is 50.8 Å². The van der Waals surface area contributed by atoms with Crippen molar-refractivity contribution < 1.29 is 9.18 Å². The molecule has 112 valence electrons. The van der Waals surface area contributed by atoms with E-state index in [-0.39, 0.29) is 17.8 Å². The Morgan fingerprint density at radius 2 is 2.19 bits per heavy atom. The van der Waals surface area contributed by atoms with E-state index in [2.05, 4.69) is 0 Å². The predicted octanol–water partition coefficient (Wildman–Crippen LogP) is 3.88.